The van der Waals surface area contributed by atoms with Gasteiger partial charge < -0.3 is 11.1 Å². The van der Waals surface area contributed by atoms with Crippen molar-refractivity contribution in [1.29, 1.82) is 0 Å². The van der Waals surface area contributed by atoms with Crippen molar-refractivity contribution in [3.63, 3.8) is 0 Å². The van der Waals surface area contributed by atoms with Crippen LogP contribution in [-0.4, -0.2) is 6.04 Å². The lowest BCUT2D eigenvalue weighted by molar-refractivity contribution is 0.261. The van der Waals surface area contributed by atoms with Gasteiger partial charge in [0.25, 0.3) is 0 Å². The third kappa shape index (κ3) is 2.74. The summed E-state index contributed by atoms with van der Waals surface area (Å²) in [4.78, 5) is 0. The van der Waals surface area contributed by atoms with Gasteiger partial charge in [0, 0.05) is 6.04 Å². The van der Waals surface area contributed by atoms with Crippen molar-refractivity contribution >= 4 is 11.4 Å². The molecule has 17 heavy (non-hydrogen) atoms. The van der Waals surface area contributed by atoms with Crippen LogP contribution in [0.25, 0.3) is 0 Å². The first-order chi connectivity index (χ1) is 8.08. The molecule has 0 aromatic heterocycles. The molecule has 1 saturated carbocycles. The molecule has 3 unspecified atom stereocenters. The SMILES string of the molecule is Cc1cccc(N)c1NC1CCC(C)C(C)C1. The molecule has 0 heterocycles. The van der Waals surface area contributed by atoms with Crippen molar-refractivity contribution in [3.8, 4) is 0 Å². The zero-order valence-corrected chi connectivity index (χ0v) is 11.2. The van der Waals surface area contributed by atoms with E-state index in [9.17, 15) is 0 Å². The van der Waals surface area contributed by atoms with Crippen LogP contribution in [0.2, 0.25) is 0 Å². The van der Waals surface area contributed by atoms with Gasteiger partial charge in [0.1, 0.15) is 0 Å². The van der Waals surface area contributed by atoms with Crippen LogP contribution >= 0.6 is 0 Å². The molecular formula is C15H24N2. The molecule has 1 aliphatic carbocycles. The Morgan fingerprint density at radius 2 is 1.94 bits per heavy atom. The first-order valence-electron chi connectivity index (χ1n) is 6.69. The first-order valence-corrected chi connectivity index (χ1v) is 6.69. The summed E-state index contributed by atoms with van der Waals surface area (Å²) in [7, 11) is 0. The molecule has 0 radical (unpaired) electrons. The lowest BCUT2D eigenvalue weighted by Crippen LogP contribution is -2.30. The van der Waals surface area contributed by atoms with Crippen LogP contribution in [0.15, 0.2) is 18.2 Å². The number of rotatable bonds is 2. The van der Waals surface area contributed by atoms with Crippen LogP contribution in [0.5, 0.6) is 0 Å². The molecule has 3 atom stereocenters. The summed E-state index contributed by atoms with van der Waals surface area (Å²) in [6.45, 7) is 6.84. The van der Waals surface area contributed by atoms with Gasteiger partial charge in [-0.1, -0.05) is 26.0 Å². The summed E-state index contributed by atoms with van der Waals surface area (Å²) in [6, 6.07) is 6.70. The number of aryl methyl sites for hydroxylation is 1. The summed E-state index contributed by atoms with van der Waals surface area (Å²) in [5.74, 6) is 1.67. The quantitative estimate of drug-likeness (QED) is 0.761. The summed E-state index contributed by atoms with van der Waals surface area (Å²) in [5, 5.41) is 3.64. The average molecular weight is 232 g/mol. The Morgan fingerprint density at radius 1 is 1.18 bits per heavy atom. The lowest BCUT2D eigenvalue weighted by atomic mass is 9.79. The molecular weight excluding hydrogens is 208 g/mol. The summed E-state index contributed by atoms with van der Waals surface area (Å²) in [5.41, 5.74) is 9.29. The third-order valence-corrected chi connectivity index (χ3v) is 4.25. The maximum Gasteiger partial charge on any atom is 0.0605 e. The number of hydrogen-bond acceptors (Lipinski definition) is 2. The van der Waals surface area contributed by atoms with E-state index in [1.54, 1.807) is 0 Å². The Balaban J connectivity index is 2.06. The summed E-state index contributed by atoms with van der Waals surface area (Å²) in [6.07, 6.45) is 3.85. The van der Waals surface area contributed by atoms with E-state index in [1.165, 1.54) is 24.8 Å². The van der Waals surface area contributed by atoms with Crippen LogP contribution in [0, 0.1) is 18.8 Å². The molecule has 2 nitrogen and oxygen atoms in total. The van der Waals surface area contributed by atoms with Gasteiger partial charge in [0.05, 0.1) is 11.4 Å². The standard InChI is InChI=1S/C15H24N2/c1-10-7-8-13(9-12(10)3)17-15-11(2)5-4-6-14(15)16/h4-6,10,12-13,17H,7-9,16H2,1-3H3. The topological polar surface area (TPSA) is 38.0 Å². The Labute approximate surface area is 105 Å². The van der Waals surface area contributed by atoms with E-state index in [0.29, 0.717) is 6.04 Å². The van der Waals surface area contributed by atoms with E-state index in [1.807, 2.05) is 12.1 Å². The van der Waals surface area contributed by atoms with E-state index in [0.717, 1.165) is 23.2 Å². The maximum atomic E-state index is 6.04. The number of hydrogen-bond donors (Lipinski definition) is 2. The molecule has 94 valence electrons. The Kier molecular flexibility index (Phi) is 3.60. The molecule has 1 fully saturated rings. The van der Waals surface area contributed by atoms with Crippen molar-refractivity contribution in [1.82, 2.24) is 0 Å². The smallest absolute Gasteiger partial charge is 0.0605 e. The van der Waals surface area contributed by atoms with E-state index in [2.05, 4.69) is 32.2 Å². The summed E-state index contributed by atoms with van der Waals surface area (Å²) >= 11 is 0. The van der Waals surface area contributed by atoms with Gasteiger partial charge in [0.2, 0.25) is 0 Å². The average Bonchev–Trinajstić information content (AvgIpc) is 2.28. The van der Waals surface area contributed by atoms with Gasteiger partial charge in [-0.15, -0.1) is 0 Å². The zero-order valence-electron chi connectivity index (χ0n) is 11.2. The van der Waals surface area contributed by atoms with Crippen LogP contribution < -0.4 is 11.1 Å². The predicted octanol–water partition coefficient (Wildman–Crippen LogP) is 3.81. The van der Waals surface area contributed by atoms with Gasteiger partial charge >= 0.3 is 0 Å². The van der Waals surface area contributed by atoms with E-state index >= 15 is 0 Å². The fourth-order valence-electron chi connectivity index (χ4n) is 2.77. The molecule has 0 aliphatic heterocycles. The fourth-order valence-corrected chi connectivity index (χ4v) is 2.77. The van der Waals surface area contributed by atoms with Gasteiger partial charge in [-0.25, -0.2) is 0 Å². The van der Waals surface area contributed by atoms with Crippen LogP contribution in [0.1, 0.15) is 38.7 Å². The molecule has 2 rings (SSSR count). The summed E-state index contributed by atoms with van der Waals surface area (Å²) < 4.78 is 0. The molecule has 0 bridgehead atoms. The minimum absolute atomic E-state index is 0.588. The number of nitrogen functional groups attached to an aromatic ring is 1. The van der Waals surface area contributed by atoms with Crippen molar-refractivity contribution in [2.45, 2.75) is 46.1 Å². The third-order valence-electron chi connectivity index (χ3n) is 4.25. The highest BCUT2D eigenvalue weighted by Crippen LogP contribution is 2.33. The van der Waals surface area contributed by atoms with Crippen LogP contribution in [-0.2, 0) is 0 Å². The number of nitrogens with two attached hydrogens (primary N) is 1. The minimum atomic E-state index is 0.588. The zero-order chi connectivity index (χ0) is 12.4. The molecule has 1 aromatic rings. The van der Waals surface area contributed by atoms with Gasteiger partial charge in [-0.3, -0.25) is 0 Å². The fraction of sp³-hybridized carbons (Fsp3) is 0.600. The number of anilines is 2. The normalized spacial score (nSPS) is 29.0. The highest BCUT2D eigenvalue weighted by Gasteiger charge is 2.24. The predicted molar refractivity (Wildman–Crippen MR) is 75.2 cm³/mol. The van der Waals surface area contributed by atoms with Crippen molar-refractivity contribution < 1.29 is 0 Å². The lowest BCUT2D eigenvalue weighted by Gasteiger charge is -2.33. The van der Waals surface area contributed by atoms with Crippen molar-refractivity contribution in [3.05, 3.63) is 23.8 Å². The van der Waals surface area contributed by atoms with Crippen LogP contribution in [0.3, 0.4) is 0 Å². The van der Waals surface area contributed by atoms with E-state index < -0.39 is 0 Å². The monoisotopic (exact) mass is 232 g/mol. The highest BCUT2D eigenvalue weighted by atomic mass is 14.9. The van der Waals surface area contributed by atoms with E-state index in [4.69, 9.17) is 5.73 Å². The minimum Gasteiger partial charge on any atom is -0.397 e. The van der Waals surface area contributed by atoms with Crippen LogP contribution in [0.4, 0.5) is 11.4 Å². The number of benzene rings is 1. The molecule has 0 saturated heterocycles. The van der Waals surface area contributed by atoms with Gasteiger partial charge in [-0.05, 0) is 49.7 Å². The Morgan fingerprint density at radius 3 is 2.59 bits per heavy atom. The molecule has 3 N–H and O–H groups in total. The molecule has 0 amide bonds. The Hall–Kier alpha value is -1.18. The molecule has 2 heteroatoms. The largest absolute Gasteiger partial charge is 0.397 e. The highest BCUT2D eigenvalue weighted by molar-refractivity contribution is 5.70. The molecule has 1 aliphatic rings. The second-order valence-electron chi connectivity index (χ2n) is 5.65. The van der Waals surface area contributed by atoms with Gasteiger partial charge in [-0.2, -0.15) is 0 Å². The van der Waals surface area contributed by atoms with E-state index in [-0.39, 0.29) is 0 Å². The number of para-hydroxylation sites is 1. The maximum absolute atomic E-state index is 6.04. The number of nitrogens with one attached hydrogen (secondary N) is 1. The van der Waals surface area contributed by atoms with Gasteiger partial charge in [0.15, 0.2) is 0 Å². The second-order valence-corrected chi connectivity index (χ2v) is 5.65. The second kappa shape index (κ2) is 4.99. The Bertz CT molecular complexity index is 366. The molecule has 1 aromatic carbocycles. The van der Waals surface area contributed by atoms with Crippen molar-refractivity contribution in [2.75, 3.05) is 11.1 Å². The van der Waals surface area contributed by atoms with Crippen molar-refractivity contribution in [2.24, 2.45) is 11.8 Å². The molecule has 0 spiro atoms. The first kappa shape index (κ1) is 12.3.